The number of nitrogens with zero attached hydrogens (tertiary/aromatic N) is 3. The first-order valence-corrected chi connectivity index (χ1v) is 12.4. The number of hydrogen-bond acceptors (Lipinski definition) is 8. The predicted octanol–water partition coefficient (Wildman–Crippen LogP) is 4.30. The summed E-state index contributed by atoms with van der Waals surface area (Å²) in [7, 11) is -3.47. The highest BCUT2D eigenvalue weighted by molar-refractivity contribution is 7.91. The highest BCUT2D eigenvalue weighted by atomic mass is 35.5. The van der Waals surface area contributed by atoms with E-state index in [-0.39, 0.29) is 25.0 Å². The third kappa shape index (κ3) is 6.45. The molecule has 0 unspecified atom stereocenters. The highest BCUT2D eigenvalue weighted by Gasteiger charge is 2.14. The normalized spacial score (nSPS) is 11.0. The van der Waals surface area contributed by atoms with Crippen molar-refractivity contribution in [1.82, 2.24) is 9.97 Å². The predicted molar refractivity (Wildman–Crippen MR) is 121 cm³/mol. The zero-order valence-electron chi connectivity index (χ0n) is 16.1. The SMILES string of the molecule is CS(=O)(=O)Nc1nccc(COc2ccc(-c3cc(Cl)c(OCCCl)c(C#N)c3)s2)n1. The maximum Gasteiger partial charge on any atom is 0.236 e. The number of alkyl halides is 1. The van der Waals surface area contributed by atoms with E-state index in [0.717, 1.165) is 16.7 Å². The lowest BCUT2D eigenvalue weighted by molar-refractivity contribution is 0.310. The van der Waals surface area contributed by atoms with Crippen molar-refractivity contribution in [1.29, 1.82) is 5.26 Å². The Kier molecular flexibility index (Phi) is 7.56. The van der Waals surface area contributed by atoms with Crippen LogP contribution in [0.5, 0.6) is 10.8 Å². The lowest BCUT2D eigenvalue weighted by Gasteiger charge is -2.10. The van der Waals surface area contributed by atoms with Crippen molar-refractivity contribution in [3.8, 4) is 27.3 Å². The summed E-state index contributed by atoms with van der Waals surface area (Å²) in [5.74, 6) is 0.571. The van der Waals surface area contributed by atoms with E-state index >= 15 is 0 Å². The van der Waals surface area contributed by atoms with E-state index < -0.39 is 10.0 Å². The molecule has 3 aromatic rings. The topological polar surface area (TPSA) is 114 Å². The van der Waals surface area contributed by atoms with Gasteiger partial charge in [-0.15, -0.1) is 11.6 Å². The van der Waals surface area contributed by atoms with Crippen molar-refractivity contribution in [2.24, 2.45) is 0 Å². The molecule has 1 aromatic carbocycles. The lowest BCUT2D eigenvalue weighted by atomic mass is 10.1. The molecule has 2 aromatic heterocycles. The number of sulfonamides is 1. The first-order chi connectivity index (χ1) is 14.8. The second-order valence-electron chi connectivity index (χ2n) is 6.14. The smallest absolute Gasteiger partial charge is 0.236 e. The number of halogens is 2. The fraction of sp³-hybridized carbons (Fsp3) is 0.211. The molecule has 0 saturated carbocycles. The molecule has 2 heterocycles. The third-order valence-electron chi connectivity index (χ3n) is 3.71. The van der Waals surface area contributed by atoms with E-state index in [9.17, 15) is 13.7 Å². The Morgan fingerprint density at radius 1 is 1.26 bits per heavy atom. The molecular formula is C19H16Cl2N4O4S2. The van der Waals surface area contributed by atoms with Gasteiger partial charge in [-0.25, -0.2) is 18.4 Å². The molecule has 0 fully saturated rings. The molecule has 31 heavy (non-hydrogen) atoms. The average molecular weight is 499 g/mol. The van der Waals surface area contributed by atoms with E-state index in [4.69, 9.17) is 32.7 Å². The molecule has 0 amide bonds. The largest absolute Gasteiger partial charge is 0.489 e. The molecule has 1 N–H and O–H groups in total. The Morgan fingerprint density at radius 2 is 2.06 bits per heavy atom. The Balaban J connectivity index is 1.73. The van der Waals surface area contributed by atoms with Gasteiger partial charge in [0.05, 0.1) is 28.4 Å². The summed E-state index contributed by atoms with van der Waals surface area (Å²) >= 11 is 13.3. The van der Waals surface area contributed by atoms with Crippen LogP contribution in [0.2, 0.25) is 5.02 Å². The summed E-state index contributed by atoms with van der Waals surface area (Å²) in [5.41, 5.74) is 1.57. The molecule has 12 heteroatoms. The molecule has 0 aliphatic carbocycles. The van der Waals surface area contributed by atoms with Crippen LogP contribution in [-0.2, 0) is 16.6 Å². The van der Waals surface area contributed by atoms with E-state index in [1.165, 1.54) is 17.5 Å². The minimum absolute atomic E-state index is 0.0226. The Morgan fingerprint density at radius 3 is 2.77 bits per heavy atom. The van der Waals surface area contributed by atoms with E-state index in [0.29, 0.717) is 27.1 Å². The Labute approximate surface area is 193 Å². The summed E-state index contributed by atoms with van der Waals surface area (Å²) in [6.07, 6.45) is 2.46. The van der Waals surface area contributed by atoms with Crippen molar-refractivity contribution in [2.45, 2.75) is 6.61 Å². The van der Waals surface area contributed by atoms with Crippen LogP contribution in [0.25, 0.3) is 10.4 Å². The second kappa shape index (κ2) is 10.2. The third-order valence-corrected chi connectivity index (χ3v) is 5.74. The molecule has 0 bridgehead atoms. The van der Waals surface area contributed by atoms with E-state index in [2.05, 4.69) is 20.8 Å². The van der Waals surface area contributed by atoms with Gasteiger partial charge in [-0.05, 0) is 35.9 Å². The van der Waals surface area contributed by atoms with Crippen LogP contribution in [0, 0.1) is 11.3 Å². The van der Waals surface area contributed by atoms with Gasteiger partial charge in [0.1, 0.15) is 19.3 Å². The minimum Gasteiger partial charge on any atom is -0.489 e. The van der Waals surface area contributed by atoms with Crippen LogP contribution in [-0.4, -0.2) is 37.1 Å². The Bertz CT molecular complexity index is 1230. The number of nitrogens with one attached hydrogen (secondary N) is 1. The van der Waals surface area contributed by atoms with E-state index in [1.54, 1.807) is 24.3 Å². The zero-order valence-corrected chi connectivity index (χ0v) is 19.3. The number of benzene rings is 1. The molecule has 0 aliphatic rings. The number of thiophene rings is 1. The minimum atomic E-state index is -3.47. The molecule has 0 atom stereocenters. The molecule has 162 valence electrons. The highest BCUT2D eigenvalue weighted by Crippen LogP contribution is 2.38. The molecule has 0 radical (unpaired) electrons. The summed E-state index contributed by atoms with van der Waals surface area (Å²) in [6.45, 7) is 0.368. The number of nitriles is 1. The molecular weight excluding hydrogens is 483 g/mol. The fourth-order valence-corrected chi connectivity index (χ4v) is 4.12. The van der Waals surface area contributed by atoms with Crippen molar-refractivity contribution in [3.05, 3.63) is 52.8 Å². The second-order valence-corrected chi connectivity index (χ2v) is 9.72. The van der Waals surface area contributed by atoms with Gasteiger partial charge in [0.25, 0.3) is 0 Å². The number of rotatable bonds is 9. The quantitative estimate of drug-likeness (QED) is 0.437. The fourth-order valence-electron chi connectivity index (χ4n) is 2.50. The van der Waals surface area contributed by atoms with Crippen LogP contribution in [0.4, 0.5) is 5.95 Å². The maximum absolute atomic E-state index is 11.3. The van der Waals surface area contributed by atoms with Crippen molar-refractivity contribution >= 4 is 50.5 Å². The van der Waals surface area contributed by atoms with Gasteiger partial charge in [-0.1, -0.05) is 22.9 Å². The monoisotopic (exact) mass is 498 g/mol. The van der Waals surface area contributed by atoms with Crippen molar-refractivity contribution in [2.75, 3.05) is 23.5 Å². The summed E-state index contributed by atoms with van der Waals surface area (Å²) in [4.78, 5) is 8.82. The van der Waals surface area contributed by atoms with Crippen LogP contribution >= 0.6 is 34.5 Å². The van der Waals surface area contributed by atoms with Gasteiger partial charge >= 0.3 is 0 Å². The van der Waals surface area contributed by atoms with Crippen LogP contribution in [0.15, 0.2) is 36.5 Å². The maximum atomic E-state index is 11.3. The summed E-state index contributed by atoms with van der Waals surface area (Å²) < 4.78 is 36.1. The average Bonchev–Trinajstić information content (AvgIpc) is 3.19. The van der Waals surface area contributed by atoms with Crippen molar-refractivity contribution < 1.29 is 17.9 Å². The molecule has 0 spiro atoms. The van der Waals surface area contributed by atoms with Gasteiger partial charge in [0.15, 0.2) is 10.8 Å². The van der Waals surface area contributed by atoms with Gasteiger partial charge < -0.3 is 9.47 Å². The molecule has 3 rings (SSSR count). The van der Waals surface area contributed by atoms with Crippen LogP contribution in [0.1, 0.15) is 11.3 Å². The van der Waals surface area contributed by atoms with Crippen LogP contribution < -0.4 is 14.2 Å². The van der Waals surface area contributed by atoms with E-state index in [1.807, 2.05) is 6.07 Å². The molecule has 8 nitrogen and oxygen atoms in total. The number of hydrogen-bond donors (Lipinski definition) is 1. The molecule has 0 aliphatic heterocycles. The Hall–Kier alpha value is -2.58. The standard InChI is InChI=1S/C19H16Cl2N4O4S2/c1-31(26,27)25-19-23-6-4-14(24-19)11-29-17-3-2-16(30-17)12-8-13(10-22)18(15(21)9-12)28-7-5-20/h2-4,6,8-9H,5,7,11H2,1H3,(H,23,24,25). The number of anilines is 1. The first kappa shape index (κ1) is 23.1. The van der Waals surface area contributed by atoms with Crippen molar-refractivity contribution in [3.63, 3.8) is 0 Å². The van der Waals surface area contributed by atoms with Gasteiger partial charge in [-0.2, -0.15) is 5.26 Å². The lowest BCUT2D eigenvalue weighted by Crippen LogP contribution is -2.13. The van der Waals surface area contributed by atoms with Crippen LogP contribution in [0.3, 0.4) is 0 Å². The van der Waals surface area contributed by atoms with Gasteiger partial charge in [-0.3, -0.25) is 4.72 Å². The number of aromatic nitrogens is 2. The number of ether oxygens (including phenoxy) is 2. The first-order valence-electron chi connectivity index (χ1n) is 8.74. The zero-order chi connectivity index (χ0) is 22.4. The summed E-state index contributed by atoms with van der Waals surface area (Å²) in [5, 5.41) is 10.4. The van der Waals surface area contributed by atoms with Gasteiger partial charge in [0, 0.05) is 11.1 Å². The summed E-state index contributed by atoms with van der Waals surface area (Å²) in [6, 6.07) is 10.8. The van der Waals surface area contributed by atoms with Gasteiger partial charge in [0.2, 0.25) is 16.0 Å². The molecule has 0 saturated heterocycles.